The number of ether oxygens (including phenoxy) is 1. The average molecular weight is 335 g/mol. The average Bonchev–Trinajstić information content (AvgIpc) is 2.52. The topological polar surface area (TPSA) is 38.3 Å². The maximum Gasteiger partial charge on any atom is 0.422 e. The summed E-state index contributed by atoms with van der Waals surface area (Å²) in [6.45, 7) is 0.138. The first-order chi connectivity index (χ1) is 11.3. The lowest BCUT2D eigenvalue weighted by Gasteiger charge is -2.08. The Morgan fingerprint density at radius 1 is 1.00 bits per heavy atom. The van der Waals surface area contributed by atoms with Crippen LogP contribution in [0.25, 0.3) is 12.2 Å². The summed E-state index contributed by atoms with van der Waals surface area (Å²) in [6.07, 6.45) is -0.647. The Balaban J connectivity index is 1.95. The van der Waals surface area contributed by atoms with Gasteiger partial charge in [-0.2, -0.15) is 13.2 Å². The third kappa shape index (κ3) is 6.16. The lowest BCUT2D eigenvalue weighted by Crippen LogP contribution is -2.19. The molecule has 2 aromatic rings. The van der Waals surface area contributed by atoms with E-state index in [2.05, 4.69) is 10.1 Å². The van der Waals surface area contributed by atoms with E-state index in [0.717, 1.165) is 11.1 Å². The molecule has 0 saturated carbocycles. The summed E-state index contributed by atoms with van der Waals surface area (Å²) in [5, 5.41) is 2.68. The van der Waals surface area contributed by atoms with Gasteiger partial charge in [0.25, 0.3) is 0 Å². The second-order valence-corrected chi connectivity index (χ2v) is 5.11. The highest BCUT2D eigenvalue weighted by atomic mass is 19.4. The first-order valence-corrected chi connectivity index (χ1v) is 7.17. The van der Waals surface area contributed by atoms with Gasteiger partial charge in [-0.05, 0) is 35.4 Å². The molecule has 0 aliphatic heterocycles. The highest BCUT2D eigenvalue weighted by Gasteiger charge is 2.28. The van der Waals surface area contributed by atoms with Crippen molar-refractivity contribution in [1.29, 1.82) is 0 Å². The van der Waals surface area contributed by atoms with Crippen LogP contribution >= 0.6 is 0 Å². The predicted molar refractivity (Wildman–Crippen MR) is 87.7 cm³/mol. The van der Waals surface area contributed by atoms with Crippen LogP contribution in [0.1, 0.15) is 18.1 Å². The maximum absolute atomic E-state index is 12.1. The molecule has 0 unspecified atom stereocenters. The maximum atomic E-state index is 12.1. The number of alkyl halides is 3. The molecule has 6 heteroatoms. The first kappa shape index (κ1) is 17.6. The Hall–Kier alpha value is -2.76. The van der Waals surface area contributed by atoms with Crippen molar-refractivity contribution in [2.45, 2.75) is 13.1 Å². The van der Waals surface area contributed by atoms with Gasteiger partial charge in [-0.15, -0.1) is 0 Å². The van der Waals surface area contributed by atoms with Crippen molar-refractivity contribution in [2.75, 3.05) is 11.9 Å². The monoisotopic (exact) mass is 335 g/mol. The molecule has 0 bridgehead atoms. The second-order valence-electron chi connectivity index (χ2n) is 5.11. The van der Waals surface area contributed by atoms with Crippen LogP contribution in [0.2, 0.25) is 0 Å². The Kier molecular flexibility index (Phi) is 5.63. The standard InChI is InChI=1S/C18H16F3NO2/c1-13(23)22-16-8-4-14(5-9-16)2-3-15-6-10-17(11-7-15)24-12-18(19,20)21/h2-11H,12H2,1H3,(H,22,23). The fourth-order valence-corrected chi connectivity index (χ4v) is 1.91. The Labute approximate surface area is 137 Å². The molecule has 0 saturated heterocycles. The molecular formula is C18H16F3NO2. The van der Waals surface area contributed by atoms with Gasteiger partial charge in [0, 0.05) is 12.6 Å². The van der Waals surface area contributed by atoms with Crippen molar-refractivity contribution in [2.24, 2.45) is 0 Å². The molecule has 0 spiro atoms. The van der Waals surface area contributed by atoms with E-state index in [9.17, 15) is 18.0 Å². The number of carbonyl (C=O) groups excluding carboxylic acids is 1. The number of nitrogens with one attached hydrogen (secondary N) is 1. The van der Waals surface area contributed by atoms with Crippen molar-refractivity contribution >= 4 is 23.7 Å². The zero-order valence-electron chi connectivity index (χ0n) is 12.9. The van der Waals surface area contributed by atoms with Crippen LogP contribution in [-0.4, -0.2) is 18.7 Å². The fraction of sp³-hybridized carbons (Fsp3) is 0.167. The van der Waals surface area contributed by atoms with Crippen LogP contribution in [-0.2, 0) is 4.79 Å². The molecule has 24 heavy (non-hydrogen) atoms. The molecule has 0 aliphatic rings. The third-order valence-corrected chi connectivity index (χ3v) is 2.98. The van der Waals surface area contributed by atoms with E-state index in [-0.39, 0.29) is 11.7 Å². The number of benzene rings is 2. The highest BCUT2D eigenvalue weighted by molar-refractivity contribution is 5.88. The molecule has 2 rings (SSSR count). The SMILES string of the molecule is CC(=O)Nc1ccc(C=Cc2ccc(OCC(F)(F)F)cc2)cc1. The van der Waals surface area contributed by atoms with Gasteiger partial charge in [-0.1, -0.05) is 36.4 Å². The quantitative estimate of drug-likeness (QED) is 0.800. The van der Waals surface area contributed by atoms with E-state index in [1.54, 1.807) is 24.3 Å². The lowest BCUT2D eigenvalue weighted by atomic mass is 10.1. The molecule has 1 amide bonds. The van der Waals surface area contributed by atoms with Gasteiger partial charge in [0.15, 0.2) is 6.61 Å². The largest absolute Gasteiger partial charge is 0.484 e. The van der Waals surface area contributed by atoms with Gasteiger partial charge < -0.3 is 10.1 Å². The molecule has 0 aliphatic carbocycles. The number of amides is 1. The number of hydrogen-bond donors (Lipinski definition) is 1. The Bertz CT molecular complexity index is 705. The summed E-state index contributed by atoms with van der Waals surface area (Å²) >= 11 is 0. The molecule has 0 radical (unpaired) electrons. The minimum Gasteiger partial charge on any atom is -0.484 e. The molecule has 0 fully saturated rings. The Morgan fingerprint density at radius 3 is 1.96 bits per heavy atom. The molecule has 0 atom stereocenters. The van der Waals surface area contributed by atoms with Crippen LogP contribution < -0.4 is 10.1 Å². The lowest BCUT2D eigenvalue weighted by molar-refractivity contribution is -0.153. The van der Waals surface area contributed by atoms with E-state index in [4.69, 9.17) is 0 Å². The van der Waals surface area contributed by atoms with Crippen molar-refractivity contribution in [3.8, 4) is 5.75 Å². The molecular weight excluding hydrogens is 319 g/mol. The third-order valence-electron chi connectivity index (χ3n) is 2.98. The predicted octanol–water partition coefficient (Wildman–Crippen LogP) is 4.76. The van der Waals surface area contributed by atoms with E-state index in [1.165, 1.54) is 19.1 Å². The van der Waals surface area contributed by atoms with Gasteiger partial charge in [-0.25, -0.2) is 0 Å². The summed E-state index contributed by atoms with van der Waals surface area (Å²) < 4.78 is 40.9. The van der Waals surface area contributed by atoms with E-state index in [1.807, 2.05) is 24.3 Å². The summed E-state index contributed by atoms with van der Waals surface area (Å²) in [5.74, 6) is 0.0373. The highest BCUT2D eigenvalue weighted by Crippen LogP contribution is 2.19. The summed E-state index contributed by atoms with van der Waals surface area (Å²) in [6, 6.07) is 13.6. The van der Waals surface area contributed by atoms with Crippen molar-refractivity contribution in [1.82, 2.24) is 0 Å². The van der Waals surface area contributed by atoms with Gasteiger partial charge in [0.05, 0.1) is 0 Å². The van der Waals surface area contributed by atoms with Crippen LogP contribution in [0.3, 0.4) is 0 Å². The van der Waals surface area contributed by atoms with Crippen LogP contribution in [0.15, 0.2) is 48.5 Å². The zero-order chi connectivity index (χ0) is 17.6. The molecule has 2 aromatic carbocycles. The van der Waals surface area contributed by atoms with E-state index in [0.29, 0.717) is 5.69 Å². The van der Waals surface area contributed by atoms with E-state index < -0.39 is 12.8 Å². The van der Waals surface area contributed by atoms with Crippen LogP contribution in [0.4, 0.5) is 18.9 Å². The molecule has 0 heterocycles. The second kappa shape index (κ2) is 7.68. The summed E-state index contributed by atoms with van der Waals surface area (Å²) in [7, 11) is 0. The zero-order valence-corrected chi connectivity index (χ0v) is 12.9. The van der Waals surface area contributed by atoms with Gasteiger partial charge in [-0.3, -0.25) is 4.79 Å². The Morgan fingerprint density at radius 2 is 1.50 bits per heavy atom. The first-order valence-electron chi connectivity index (χ1n) is 7.17. The summed E-state index contributed by atoms with van der Waals surface area (Å²) in [5.41, 5.74) is 2.48. The number of halogens is 3. The van der Waals surface area contributed by atoms with Crippen molar-refractivity contribution < 1.29 is 22.7 Å². The van der Waals surface area contributed by atoms with Gasteiger partial charge in [0.2, 0.25) is 5.91 Å². The fourth-order valence-electron chi connectivity index (χ4n) is 1.91. The van der Waals surface area contributed by atoms with Crippen LogP contribution in [0.5, 0.6) is 5.75 Å². The van der Waals surface area contributed by atoms with Crippen molar-refractivity contribution in [3.63, 3.8) is 0 Å². The number of carbonyl (C=O) groups is 1. The van der Waals surface area contributed by atoms with Crippen molar-refractivity contribution in [3.05, 3.63) is 59.7 Å². The molecule has 3 nitrogen and oxygen atoms in total. The normalized spacial score (nSPS) is 11.5. The summed E-state index contributed by atoms with van der Waals surface area (Å²) in [4.78, 5) is 10.9. The van der Waals surface area contributed by atoms with Gasteiger partial charge in [0.1, 0.15) is 5.75 Å². The molecule has 126 valence electrons. The minimum absolute atomic E-state index is 0.133. The van der Waals surface area contributed by atoms with Gasteiger partial charge >= 0.3 is 6.18 Å². The van der Waals surface area contributed by atoms with Crippen LogP contribution in [0, 0.1) is 0 Å². The number of hydrogen-bond acceptors (Lipinski definition) is 2. The smallest absolute Gasteiger partial charge is 0.422 e. The number of anilines is 1. The molecule has 0 aromatic heterocycles. The number of rotatable bonds is 5. The minimum atomic E-state index is -4.35. The molecule has 1 N–H and O–H groups in total. The van der Waals surface area contributed by atoms with E-state index >= 15 is 0 Å².